The molecule has 0 radical (unpaired) electrons. The number of hydrogen-bond donors (Lipinski definition) is 0. The summed E-state index contributed by atoms with van der Waals surface area (Å²) in [6.07, 6.45) is 3.79. The van der Waals surface area contributed by atoms with Crippen LogP contribution in [0.15, 0.2) is 47.8 Å². The number of aromatic nitrogens is 4. The van der Waals surface area contributed by atoms with Crippen LogP contribution in [-0.4, -0.2) is 57.4 Å². The molecule has 1 saturated heterocycles. The number of rotatable bonds is 3. The minimum Gasteiger partial charge on any atom is -0.339 e. The Balaban J connectivity index is 1.55. The first-order valence-electron chi connectivity index (χ1n) is 9.05. The van der Waals surface area contributed by atoms with Crippen LogP contribution < -0.4 is 0 Å². The van der Waals surface area contributed by atoms with Crippen LogP contribution in [-0.2, 0) is 9.84 Å². The molecule has 0 spiro atoms. The summed E-state index contributed by atoms with van der Waals surface area (Å²) in [6, 6.07) is 7.79. The van der Waals surface area contributed by atoms with Crippen molar-refractivity contribution < 1.29 is 26.4 Å². The number of piperidine rings is 1. The number of halogens is 3. The van der Waals surface area contributed by atoms with Gasteiger partial charge in [0.05, 0.1) is 5.56 Å². The molecule has 1 aliphatic rings. The lowest BCUT2D eigenvalue weighted by atomic mass is 9.95. The maximum atomic E-state index is 13.0. The van der Waals surface area contributed by atoms with Crippen LogP contribution in [0.2, 0.25) is 0 Å². The van der Waals surface area contributed by atoms with Crippen molar-refractivity contribution in [2.75, 3.05) is 13.1 Å². The van der Waals surface area contributed by atoms with Crippen LogP contribution in [0.25, 0.3) is 5.65 Å². The fraction of sp³-hybridized carbons (Fsp3) is 0.333. The van der Waals surface area contributed by atoms with Crippen LogP contribution in [0.3, 0.4) is 0 Å². The summed E-state index contributed by atoms with van der Waals surface area (Å²) in [5, 5.41) is 7.05. The van der Waals surface area contributed by atoms with Crippen LogP contribution in [0.1, 0.15) is 34.9 Å². The van der Waals surface area contributed by atoms with E-state index in [2.05, 4.69) is 15.2 Å². The van der Waals surface area contributed by atoms with Gasteiger partial charge in [-0.1, -0.05) is 6.07 Å². The summed E-state index contributed by atoms with van der Waals surface area (Å²) < 4.78 is 64.4. The third kappa shape index (κ3) is 3.40. The highest BCUT2D eigenvalue weighted by Crippen LogP contribution is 2.32. The molecule has 158 valence electrons. The molecule has 0 atom stereocenters. The lowest BCUT2D eigenvalue weighted by Gasteiger charge is -2.31. The zero-order valence-corrected chi connectivity index (χ0v) is 16.3. The molecule has 3 aromatic rings. The molecule has 0 bridgehead atoms. The minimum atomic E-state index is -5.74. The third-order valence-corrected chi connectivity index (χ3v) is 6.49. The second-order valence-corrected chi connectivity index (χ2v) is 8.72. The van der Waals surface area contributed by atoms with E-state index >= 15 is 0 Å². The van der Waals surface area contributed by atoms with Gasteiger partial charge in [-0.05, 0) is 37.1 Å². The Morgan fingerprint density at radius 1 is 1.07 bits per heavy atom. The topological polar surface area (TPSA) is 97.5 Å². The predicted octanol–water partition coefficient (Wildman–Crippen LogP) is 2.44. The van der Waals surface area contributed by atoms with Gasteiger partial charge in [-0.2, -0.15) is 13.2 Å². The van der Waals surface area contributed by atoms with Crippen molar-refractivity contribution in [3.63, 3.8) is 0 Å². The van der Waals surface area contributed by atoms with Gasteiger partial charge in [0, 0.05) is 31.4 Å². The van der Waals surface area contributed by atoms with Gasteiger partial charge in [0.15, 0.2) is 10.7 Å². The highest BCUT2D eigenvalue weighted by atomic mass is 32.2. The van der Waals surface area contributed by atoms with Gasteiger partial charge in [-0.25, -0.2) is 13.4 Å². The van der Waals surface area contributed by atoms with E-state index < -0.39 is 31.8 Å². The fourth-order valence-corrected chi connectivity index (χ4v) is 4.39. The quantitative estimate of drug-likeness (QED) is 0.622. The van der Waals surface area contributed by atoms with E-state index in [9.17, 15) is 26.4 Å². The molecular formula is C18H16F3N5O3S. The predicted molar refractivity (Wildman–Crippen MR) is 98.3 cm³/mol. The molecule has 1 amide bonds. The van der Waals surface area contributed by atoms with E-state index in [1.54, 1.807) is 0 Å². The maximum absolute atomic E-state index is 13.0. The normalized spacial score (nSPS) is 16.2. The number of hydrogen-bond acceptors (Lipinski definition) is 6. The number of carbonyl (C=O) groups excluding carboxylic acids is 1. The number of pyridine rings is 2. The SMILES string of the molecule is O=C(c1cccnc1S(=O)(=O)C(F)(F)F)N1CCC(c2nnc3ccccn23)CC1. The fourth-order valence-electron chi connectivity index (χ4n) is 3.53. The number of nitrogens with zero attached hydrogens (tertiary/aromatic N) is 5. The number of likely N-dealkylation sites (tertiary alicyclic amines) is 1. The summed E-state index contributed by atoms with van der Waals surface area (Å²) in [7, 11) is -5.74. The molecule has 0 saturated carbocycles. The Morgan fingerprint density at radius 3 is 2.50 bits per heavy atom. The standard InChI is InChI=1S/C18H16F3N5O3S/c19-18(20,21)30(28,29)16-13(4-3-8-22-16)17(27)25-10-6-12(7-11-25)15-24-23-14-5-1-2-9-26(14)15/h1-5,8-9,12H,6-7,10-11H2. The Labute approximate surface area is 169 Å². The molecule has 0 aromatic carbocycles. The summed E-state index contributed by atoms with van der Waals surface area (Å²) in [5.41, 5.74) is -5.43. The molecule has 0 aliphatic carbocycles. The van der Waals surface area contributed by atoms with Gasteiger partial charge in [-0.15, -0.1) is 10.2 Å². The Bertz CT molecular complexity index is 1200. The van der Waals surface area contributed by atoms with Crippen molar-refractivity contribution in [3.8, 4) is 0 Å². The molecule has 4 heterocycles. The Kier molecular flexibility index (Phi) is 4.96. The lowest BCUT2D eigenvalue weighted by Crippen LogP contribution is -2.39. The van der Waals surface area contributed by atoms with Gasteiger partial charge < -0.3 is 4.90 Å². The van der Waals surface area contributed by atoms with Gasteiger partial charge in [-0.3, -0.25) is 9.20 Å². The van der Waals surface area contributed by atoms with Gasteiger partial charge in [0.25, 0.3) is 15.7 Å². The molecule has 8 nitrogen and oxygen atoms in total. The van der Waals surface area contributed by atoms with Gasteiger partial charge in [0.1, 0.15) is 5.82 Å². The van der Waals surface area contributed by atoms with E-state index in [-0.39, 0.29) is 19.0 Å². The van der Waals surface area contributed by atoms with Crippen LogP contribution >= 0.6 is 0 Å². The molecule has 1 aliphatic heterocycles. The number of alkyl halides is 3. The van der Waals surface area contributed by atoms with Crippen molar-refractivity contribution in [1.82, 2.24) is 24.5 Å². The third-order valence-electron chi connectivity index (χ3n) is 5.05. The highest BCUT2D eigenvalue weighted by molar-refractivity contribution is 7.92. The van der Waals surface area contributed by atoms with Crippen molar-refractivity contribution in [3.05, 3.63) is 54.1 Å². The van der Waals surface area contributed by atoms with E-state index in [1.165, 1.54) is 11.0 Å². The van der Waals surface area contributed by atoms with Crippen LogP contribution in [0, 0.1) is 0 Å². The lowest BCUT2D eigenvalue weighted by molar-refractivity contribution is -0.0438. The molecule has 4 rings (SSSR count). The molecule has 30 heavy (non-hydrogen) atoms. The summed E-state index contributed by atoms with van der Waals surface area (Å²) in [6.45, 7) is 0.483. The zero-order valence-electron chi connectivity index (χ0n) is 15.5. The number of carbonyl (C=O) groups is 1. The van der Waals surface area contributed by atoms with E-state index in [0.717, 1.165) is 18.1 Å². The molecule has 1 fully saturated rings. The Hall–Kier alpha value is -3.02. The summed E-state index contributed by atoms with van der Waals surface area (Å²) >= 11 is 0. The van der Waals surface area contributed by atoms with Crippen molar-refractivity contribution in [1.29, 1.82) is 0 Å². The van der Waals surface area contributed by atoms with E-state index in [4.69, 9.17) is 0 Å². The van der Waals surface area contributed by atoms with Gasteiger partial charge in [0.2, 0.25) is 0 Å². The average Bonchev–Trinajstić information content (AvgIpc) is 3.17. The average molecular weight is 439 g/mol. The molecule has 0 N–H and O–H groups in total. The molecule has 0 unspecified atom stereocenters. The van der Waals surface area contributed by atoms with E-state index in [1.807, 2.05) is 28.8 Å². The smallest absolute Gasteiger partial charge is 0.339 e. The van der Waals surface area contributed by atoms with Crippen molar-refractivity contribution >= 4 is 21.4 Å². The summed E-state index contributed by atoms with van der Waals surface area (Å²) in [5.74, 6) is -0.0337. The summed E-state index contributed by atoms with van der Waals surface area (Å²) in [4.78, 5) is 17.5. The first-order valence-corrected chi connectivity index (χ1v) is 10.5. The second-order valence-electron chi connectivity index (χ2n) is 6.86. The number of amides is 1. The Morgan fingerprint density at radius 2 is 1.80 bits per heavy atom. The second kappa shape index (κ2) is 7.35. The van der Waals surface area contributed by atoms with Crippen LogP contribution in [0.5, 0.6) is 0 Å². The maximum Gasteiger partial charge on any atom is 0.503 e. The largest absolute Gasteiger partial charge is 0.503 e. The number of sulfone groups is 1. The van der Waals surface area contributed by atoms with E-state index in [0.29, 0.717) is 18.5 Å². The molecule has 12 heteroatoms. The number of fused-ring (bicyclic) bond motifs is 1. The highest BCUT2D eigenvalue weighted by Gasteiger charge is 2.49. The molecule has 3 aromatic heterocycles. The zero-order chi connectivity index (χ0) is 21.5. The van der Waals surface area contributed by atoms with Gasteiger partial charge >= 0.3 is 5.51 Å². The monoisotopic (exact) mass is 439 g/mol. The minimum absolute atomic E-state index is 0.0127. The van der Waals surface area contributed by atoms with Crippen LogP contribution in [0.4, 0.5) is 13.2 Å². The first-order chi connectivity index (χ1) is 14.2. The van der Waals surface area contributed by atoms with Crippen molar-refractivity contribution in [2.24, 2.45) is 0 Å². The molecular weight excluding hydrogens is 423 g/mol. The van der Waals surface area contributed by atoms with Crippen molar-refractivity contribution in [2.45, 2.75) is 29.3 Å². The first kappa shape index (κ1) is 20.3.